The molecule has 7 heteroatoms. The summed E-state index contributed by atoms with van der Waals surface area (Å²) in [5, 5.41) is 12.7. The average Bonchev–Trinajstić information content (AvgIpc) is 3.29. The summed E-state index contributed by atoms with van der Waals surface area (Å²) in [5.74, 6) is -1.61. The van der Waals surface area contributed by atoms with Crippen LogP contribution in [0.1, 0.15) is 77.3 Å². The van der Waals surface area contributed by atoms with Crippen molar-refractivity contribution in [3.8, 4) is 5.75 Å². The fourth-order valence-corrected chi connectivity index (χ4v) is 4.61. The van der Waals surface area contributed by atoms with Crippen LogP contribution in [0.2, 0.25) is 0 Å². The topological polar surface area (TPSA) is 80.6 Å². The molecule has 0 bridgehead atoms. The highest BCUT2D eigenvalue weighted by molar-refractivity contribution is 6.05. The van der Waals surface area contributed by atoms with Crippen molar-refractivity contribution in [1.82, 2.24) is 4.57 Å². The lowest BCUT2D eigenvalue weighted by Gasteiger charge is -2.19. The van der Waals surface area contributed by atoms with Crippen molar-refractivity contribution in [2.45, 2.75) is 71.8 Å². The number of allylic oxidation sites excluding steroid dienone is 1. The molecule has 0 aliphatic heterocycles. The summed E-state index contributed by atoms with van der Waals surface area (Å²) in [6.07, 6.45) is 9.20. The molecular weight excluding hydrogens is 471 g/mol. The number of carboxylic acid groups (broad SMARTS) is 1. The number of nitrogens with one attached hydrogen (secondary N) is 1. The van der Waals surface area contributed by atoms with Crippen LogP contribution in [-0.2, 0) is 9.59 Å². The number of amides is 1. The highest BCUT2D eigenvalue weighted by atomic mass is 19.1. The zero-order valence-corrected chi connectivity index (χ0v) is 21.9. The number of anilines is 1. The van der Waals surface area contributed by atoms with E-state index in [1.54, 1.807) is 6.08 Å². The number of carbonyl (C=O) groups is 2. The maximum atomic E-state index is 13.8. The highest BCUT2D eigenvalue weighted by Gasteiger charge is 2.14. The molecule has 0 spiro atoms. The Hall–Kier alpha value is -3.61. The van der Waals surface area contributed by atoms with Gasteiger partial charge in [0.1, 0.15) is 11.6 Å². The Morgan fingerprint density at radius 2 is 1.84 bits per heavy atom. The molecular formula is C30H37FN2O4. The van der Waals surface area contributed by atoms with E-state index in [2.05, 4.69) is 54.2 Å². The van der Waals surface area contributed by atoms with Crippen molar-refractivity contribution < 1.29 is 23.8 Å². The molecule has 0 saturated carbocycles. The Balaban J connectivity index is 1.78. The SMILES string of the molecule is CCCC(CCC)n1ccc2cc(C(=CC(=O)Nc3ccc(F)cc3OCCCC(=O)O)CC)ccc21. The van der Waals surface area contributed by atoms with E-state index in [1.807, 2.05) is 6.92 Å². The number of aliphatic carboxylic acids is 1. The number of ether oxygens (including phenoxy) is 1. The van der Waals surface area contributed by atoms with Crippen molar-refractivity contribution >= 4 is 34.0 Å². The minimum Gasteiger partial charge on any atom is -0.491 e. The van der Waals surface area contributed by atoms with Crippen LogP contribution in [0.25, 0.3) is 16.5 Å². The second-order valence-corrected chi connectivity index (χ2v) is 9.23. The van der Waals surface area contributed by atoms with E-state index in [4.69, 9.17) is 9.84 Å². The molecule has 37 heavy (non-hydrogen) atoms. The lowest BCUT2D eigenvalue weighted by molar-refractivity contribution is -0.137. The minimum absolute atomic E-state index is 0.0504. The Morgan fingerprint density at radius 1 is 1.08 bits per heavy atom. The van der Waals surface area contributed by atoms with Crippen LogP contribution in [0.5, 0.6) is 5.75 Å². The van der Waals surface area contributed by atoms with Crippen LogP contribution < -0.4 is 10.1 Å². The average molecular weight is 509 g/mol. The number of benzene rings is 2. The molecule has 0 radical (unpaired) electrons. The first kappa shape index (κ1) is 28.0. The standard InChI is InChI=1S/C30H37FN2O4/c1-4-8-25(9-5-2)33-16-15-23-18-22(11-14-27(23)33)21(6-3)19-29(34)32-26-13-12-24(31)20-28(26)37-17-7-10-30(35)36/h11-16,18-20,25H,4-10,17H2,1-3H3,(H,32,34)(H,35,36). The van der Waals surface area contributed by atoms with Crippen LogP contribution in [0.3, 0.4) is 0 Å². The number of fused-ring (bicyclic) bond motifs is 1. The number of hydrogen-bond donors (Lipinski definition) is 2. The molecule has 3 aromatic rings. The zero-order chi connectivity index (χ0) is 26.8. The molecule has 2 aromatic carbocycles. The molecule has 3 rings (SSSR count). The van der Waals surface area contributed by atoms with Crippen LogP contribution >= 0.6 is 0 Å². The number of aromatic nitrogens is 1. The van der Waals surface area contributed by atoms with E-state index in [9.17, 15) is 14.0 Å². The van der Waals surface area contributed by atoms with E-state index in [0.717, 1.165) is 42.2 Å². The number of hydrogen-bond acceptors (Lipinski definition) is 3. The maximum absolute atomic E-state index is 13.8. The number of carbonyl (C=O) groups excluding carboxylic acids is 1. The molecule has 0 aliphatic carbocycles. The summed E-state index contributed by atoms with van der Waals surface area (Å²) in [7, 11) is 0. The zero-order valence-electron chi connectivity index (χ0n) is 21.9. The molecule has 2 N–H and O–H groups in total. The smallest absolute Gasteiger partial charge is 0.303 e. The van der Waals surface area contributed by atoms with Crippen molar-refractivity contribution in [3.05, 3.63) is 66.1 Å². The number of nitrogens with zero attached hydrogens (tertiary/aromatic N) is 1. The van der Waals surface area contributed by atoms with E-state index in [0.29, 0.717) is 18.2 Å². The monoisotopic (exact) mass is 508 g/mol. The van der Waals surface area contributed by atoms with Gasteiger partial charge < -0.3 is 19.7 Å². The molecule has 6 nitrogen and oxygen atoms in total. The van der Waals surface area contributed by atoms with Gasteiger partial charge in [-0.05, 0) is 67.2 Å². The van der Waals surface area contributed by atoms with Gasteiger partial charge in [0.15, 0.2) is 0 Å². The van der Waals surface area contributed by atoms with Gasteiger partial charge in [-0.2, -0.15) is 0 Å². The molecule has 0 saturated heterocycles. The van der Waals surface area contributed by atoms with Gasteiger partial charge in [-0.15, -0.1) is 0 Å². The molecule has 0 fully saturated rings. The first-order valence-corrected chi connectivity index (χ1v) is 13.1. The van der Waals surface area contributed by atoms with Gasteiger partial charge in [-0.1, -0.05) is 39.7 Å². The summed E-state index contributed by atoms with van der Waals surface area (Å²) < 4.78 is 21.7. The number of rotatable bonds is 14. The Labute approximate surface area is 218 Å². The Kier molecular flexibility index (Phi) is 10.3. The normalized spacial score (nSPS) is 11.8. The van der Waals surface area contributed by atoms with Crippen molar-refractivity contribution in [2.24, 2.45) is 0 Å². The van der Waals surface area contributed by atoms with Crippen LogP contribution in [0.4, 0.5) is 10.1 Å². The van der Waals surface area contributed by atoms with Crippen molar-refractivity contribution in [2.75, 3.05) is 11.9 Å². The lowest BCUT2D eigenvalue weighted by atomic mass is 10.0. The molecule has 0 aliphatic rings. The third kappa shape index (κ3) is 7.68. The van der Waals surface area contributed by atoms with Crippen molar-refractivity contribution in [3.63, 3.8) is 0 Å². The summed E-state index contributed by atoms with van der Waals surface area (Å²) in [6.45, 7) is 6.54. The van der Waals surface area contributed by atoms with Gasteiger partial charge in [-0.25, -0.2) is 4.39 Å². The number of halogens is 1. The van der Waals surface area contributed by atoms with Gasteiger partial charge in [0.25, 0.3) is 0 Å². The van der Waals surface area contributed by atoms with E-state index in [-0.39, 0.29) is 31.1 Å². The predicted molar refractivity (Wildman–Crippen MR) is 146 cm³/mol. The summed E-state index contributed by atoms with van der Waals surface area (Å²) in [5.41, 5.74) is 3.40. The minimum atomic E-state index is -0.926. The first-order chi connectivity index (χ1) is 17.9. The summed E-state index contributed by atoms with van der Waals surface area (Å²) in [6, 6.07) is 12.8. The van der Waals surface area contributed by atoms with Gasteiger partial charge >= 0.3 is 5.97 Å². The molecule has 1 heterocycles. The van der Waals surface area contributed by atoms with Gasteiger partial charge in [0, 0.05) is 41.7 Å². The second kappa shape index (κ2) is 13.6. The van der Waals surface area contributed by atoms with Crippen LogP contribution in [-0.4, -0.2) is 28.2 Å². The second-order valence-electron chi connectivity index (χ2n) is 9.23. The summed E-state index contributed by atoms with van der Waals surface area (Å²) >= 11 is 0. The largest absolute Gasteiger partial charge is 0.491 e. The molecule has 198 valence electrons. The molecule has 0 atom stereocenters. The maximum Gasteiger partial charge on any atom is 0.303 e. The van der Waals surface area contributed by atoms with Crippen LogP contribution in [0, 0.1) is 5.82 Å². The summed E-state index contributed by atoms with van der Waals surface area (Å²) in [4.78, 5) is 23.6. The van der Waals surface area contributed by atoms with E-state index >= 15 is 0 Å². The Bertz CT molecular complexity index is 1240. The van der Waals surface area contributed by atoms with Gasteiger partial charge in [0.2, 0.25) is 5.91 Å². The molecule has 0 unspecified atom stereocenters. The van der Waals surface area contributed by atoms with Gasteiger partial charge in [-0.3, -0.25) is 9.59 Å². The third-order valence-corrected chi connectivity index (χ3v) is 6.41. The number of carboxylic acids is 1. The highest BCUT2D eigenvalue weighted by Crippen LogP contribution is 2.30. The predicted octanol–water partition coefficient (Wildman–Crippen LogP) is 7.60. The Morgan fingerprint density at radius 3 is 2.51 bits per heavy atom. The third-order valence-electron chi connectivity index (χ3n) is 6.41. The fourth-order valence-electron chi connectivity index (χ4n) is 4.61. The fraction of sp³-hybridized carbons (Fsp3) is 0.400. The molecule has 1 aromatic heterocycles. The lowest BCUT2D eigenvalue weighted by Crippen LogP contribution is -2.11. The quantitative estimate of drug-likeness (QED) is 0.174. The van der Waals surface area contributed by atoms with E-state index < -0.39 is 11.8 Å². The molecule has 1 amide bonds. The van der Waals surface area contributed by atoms with Crippen molar-refractivity contribution in [1.29, 1.82) is 0 Å². The van der Waals surface area contributed by atoms with E-state index in [1.165, 1.54) is 23.7 Å². The van der Waals surface area contributed by atoms with Crippen LogP contribution in [0.15, 0.2) is 54.7 Å². The van der Waals surface area contributed by atoms with Gasteiger partial charge in [0.05, 0.1) is 12.3 Å². The first-order valence-electron chi connectivity index (χ1n) is 13.1.